The van der Waals surface area contributed by atoms with Crippen molar-refractivity contribution in [3.63, 3.8) is 0 Å². The molecule has 1 fully saturated rings. The van der Waals surface area contributed by atoms with E-state index >= 15 is 0 Å². The van der Waals surface area contributed by atoms with Crippen LogP contribution in [0.15, 0.2) is 66.1 Å². The fourth-order valence-electron chi connectivity index (χ4n) is 4.71. The van der Waals surface area contributed by atoms with Crippen LogP contribution in [0.2, 0.25) is 10.2 Å². The van der Waals surface area contributed by atoms with Crippen LogP contribution < -0.4 is 5.32 Å². The van der Waals surface area contributed by atoms with Crippen molar-refractivity contribution in [2.45, 2.75) is 35.2 Å². The van der Waals surface area contributed by atoms with E-state index < -0.39 is 39.2 Å². The fourth-order valence-corrected chi connectivity index (χ4v) is 7.21. The first-order chi connectivity index (χ1) is 17.2. The lowest BCUT2D eigenvalue weighted by Crippen LogP contribution is -2.40. The number of sulfone groups is 1. The minimum Gasteiger partial charge on any atom is -0.468 e. The number of aromatic nitrogens is 4. The highest BCUT2D eigenvalue weighted by molar-refractivity contribution is 7.92. The first kappa shape index (κ1) is 24.6. The maximum atomic E-state index is 14.3. The van der Waals surface area contributed by atoms with Crippen LogP contribution >= 0.6 is 23.2 Å². The van der Waals surface area contributed by atoms with Gasteiger partial charge in [0.25, 0.3) is 0 Å². The number of imidazole rings is 1. The van der Waals surface area contributed by atoms with Gasteiger partial charge < -0.3 is 9.30 Å². The van der Waals surface area contributed by atoms with Crippen LogP contribution in [-0.4, -0.2) is 52.3 Å². The third-order valence-corrected chi connectivity index (χ3v) is 9.22. The van der Waals surface area contributed by atoms with E-state index in [4.69, 9.17) is 27.9 Å². The Morgan fingerprint density at radius 2 is 1.78 bits per heavy atom. The lowest BCUT2D eigenvalue weighted by Gasteiger charge is -2.27. The molecule has 12 heteroatoms. The topological polar surface area (TPSA) is 116 Å². The van der Waals surface area contributed by atoms with Crippen LogP contribution in [0.25, 0.3) is 11.2 Å². The van der Waals surface area contributed by atoms with Gasteiger partial charge in [0.15, 0.2) is 20.6 Å². The molecule has 0 bridgehead atoms. The Bertz CT molecular complexity index is 1560. The molecule has 0 spiro atoms. The predicted octanol–water partition coefficient (Wildman–Crippen LogP) is 3.71. The van der Waals surface area contributed by atoms with Gasteiger partial charge in [0, 0.05) is 5.02 Å². The highest BCUT2D eigenvalue weighted by atomic mass is 35.5. The third-order valence-electron chi connectivity index (χ3n) is 6.40. The standard InChI is InChI=1S/C24H21Cl2N5O4S/c1-13-7-9-14(10-8-13)36(33,34)21-17(15-5-3-4-6-16(15)25)30-18(24(32)35-2)20(21)31-12-29-19-22(26)27-11-28-23(19)31/h3-12,17-18,20-21,30H,1-2H3/t17-,18-,20-,21-/m1/s1. The number of halogens is 2. The van der Waals surface area contributed by atoms with Crippen molar-refractivity contribution < 1.29 is 17.9 Å². The molecule has 0 unspecified atom stereocenters. The Labute approximate surface area is 217 Å². The van der Waals surface area contributed by atoms with Crippen LogP contribution in [0.3, 0.4) is 0 Å². The molecule has 9 nitrogen and oxygen atoms in total. The van der Waals surface area contributed by atoms with E-state index in [-0.39, 0.29) is 15.6 Å². The van der Waals surface area contributed by atoms with Crippen molar-refractivity contribution in [3.05, 3.63) is 82.5 Å². The molecule has 2 aromatic heterocycles. The number of ether oxygens (including phenoxy) is 1. The van der Waals surface area contributed by atoms with Crippen molar-refractivity contribution in [2.24, 2.45) is 0 Å². The molecular formula is C24H21Cl2N5O4S. The molecule has 186 valence electrons. The molecule has 4 atom stereocenters. The SMILES string of the molecule is COC(=O)[C@@H]1N[C@H](c2ccccc2Cl)[C@@H](S(=O)(=O)c2ccc(C)cc2)[C@@H]1n1cnc2c(Cl)ncnc21. The van der Waals surface area contributed by atoms with Crippen molar-refractivity contribution in [1.29, 1.82) is 0 Å². The summed E-state index contributed by atoms with van der Waals surface area (Å²) in [6.07, 6.45) is 2.67. The molecule has 0 aliphatic carbocycles. The largest absolute Gasteiger partial charge is 0.468 e. The summed E-state index contributed by atoms with van der Waals surface area (Å²) in [5, 5.41) is 2.48. The predicted molar refractivity (Wildman–Crippen MR) is 135 cm³/mol. The summed E-state index contributed by atoms with van der Waals surface area (Å²) in [6, 6.07) is 10.6. The van der Waals surface area contributed by atoms with Crippen LogP contribution in [-0.2, 0) is 19.4 Å². The monoisotopic (exact) mass is 545 g/mol. The number of hydrogen-bond donors (Lipinski definition) is 1. The smallest absolute Gasteiger partial charge is 0.325 e. The second kappa shape index (κ2) is 9.44. The summed E-state index contributed by atoms with van der Waals surface area (Å²) in [4.78, 5) is 25.7. The molecular weight excluding hydrogens is 525 g/mol. The molecule has 0 radical (unpaired) electrons. The van der Waals surface area contributed by atoms with Crippen LogP contribution in [0.4, 0.5) is 0 Å². The number of benzene rings is 2. The average Bonchev–Trinajstić information content (AvgIpc) is 3.47. The first-order valence-corrected chi connectivity index (χ1v) is 13.3. The number of carbonyl (C=O) groups excluding carboxylic acids is 1. The van der Waals surface area contributed by atoms with Crippen LogP contribution in [0.1, 0.15) is 23.2 Å². The molecule has 1 saturated heterocycles. The van der Waals surface area contributed by atoms with E-state index in [0.29, 0.717) is 16.2 Å². The number of nitrogens with zero attached hydrogens (tertiary/aromatic N) is 4. The summed E-state index contributed by atoms with van der Waals surface area (Å²) in [6.45, 7) is 1.87. The van der Waals surface area contributed by atoms with Crippen molar-refractivity contribution in [1.82, 2.24) is 24.8 Å². The van der Waals surface area contributed by atoms with Gasteiger partial charge in [-0.05, 0) is 30.7 Å². The van der Waals surface area contributed by atoms with Crippen LogP contribution in [0.5, 0.6) is 0 Å². The van der Waals surface area contributed by atoms with Gasteiger partial charge in [0.05, 0.1) is 30.4 Å². The molecule has 5 rings (SSSR count). The van der Waals surface area contributed by atoms with Gasteiger partial charge in [-0.15, -0.1) is 0 Å². The lowest BCUT2D eigenvalue weighted by molar-refractivity contribution is -0.143. The number of hydrogen-bond acceptors (Lipinski definition) is 8. The molecule has 1 aliphatic heterocycles. The van der Waals surface area contributed by atoms with E-state index in [1.165, 1.54) is 19.8 Å². The highest BCUT2D eigenvalue weighted by Gasteiger charge is 2.55. The molecule has 0 amide bonds. The third kappa shape index (κ3) is 4.03. The van der Waals surface area contributed by atoms with E-state index in [1.54, 1.807) is 53.1 Å². The summed E-state index contributed by atoms with van der Waals surface area (Å²) in [5.41, 5.74) is 2.03. The van der Waals surface area contributed by atoms with Gasteiger partial charge in [-0.25, -0.2) is 23.4 Å². The van der Waals surface area contributed by atoms with Gasteiger partial charge in [0.2, 0.25) is 0 Å². The molecule has 2 aromatic carbocycles. The van der Waals surface area contributed by atoms with Gasteiger partial charge in [-0.3, -0.25) is 10.1 Å². The minimum atomic E-state index is -4.05. The van der Waals surface area contributed by atoms with E-state index in [0.717, 1.165) is 5.56 Å². The summed E-state index contributed by atoms with van der Waals surface area (Å²) < 4.78 is 35.2. The Balaban J connectivity index is 1.78. The van der Waals surface area contributed by atoms with Gasteiger partial charge in [-0.2, -0.15) is 0 Å². The number of esters is 1. The Kier molecular flexibility index (Phi) is 6.46. The zero-order valence-electron chi connectivity index (χ0n) is 19.2. The minimum absolute atomic E-state index is 0.111. The Hall–Kier alpha value is -3.05. The average molecular weight is 546 g/mol. The number of fused-ring (bicyclic) bond motifs is 1. The Morgan fingerprint density at radius 3 is 2.47 bits per heavy atom. The molecule has 3 heterocycles. The van der Waals surface area contributed by atoms with Gasteiger partial charge in [0.1, 0.15) is 23.1 Å². The summed E-state index contributed by atoms with van der Waals surface area (Å²) in [7, 11) is -2.80. The lowest BCUT2D eigenvalue weighted by atomic mass is 10.0. The quantitative estimate of drug-likeness (QED) is 0.298. The normalized spacial score (nSPS) is 22.1. The highest BCUT2D eigenvalue weighted by Crippen LogP contribution is 2.45. The number of carbonyl (C=O) groups is 1. The molecule has 0 saturated carbocycles. The summed E-state index contributed by atoms with van der Waals surface area (Å²) >= 11 is 12.7. The van der Waals surface area contributed by atoms with Gasteiger partial charge in [-0.1, -0.05) is 59.1 Å². The molecule has 36 heavy (non-hydrogen) atoms. The number of aryl methyl sites for hydroxylation is 1. The van der Waals surface area contributed by atoms with E-state index in [9.17, 15) is 13.2 Å². The zero-order chi connectivity index (χ0) is 25.6. The Morgan fingerprint density at radius 1 is 1.06 bits per heavy atom. The number of nitrogens with one attached hydrogen (secondary N) is 1. The maximum absolute atomic E-state index is 14.3. The van der Waals surface area contributed by atoms with E-state index in [2.05, 4.69) is 20.3 Å². The zero-order valence-corrected chi connectivity index (χ0v) is 21.5. The van der Waals surface area contributed by atoms with Gasteiger partial charge >= 0.3 is 5.97 Å². The van der Waals surface area contributed by atoms with Crippen LogP contribution in [0, 0.1) is 6.92 Å². The maximum Gasteiger partial charge on any atom is 0.325 e. The van der Waals surface area contributed by atoms with Crippen molar-refractivity contribution in [3.8, 4) is 0 Å². The number of rotatable bonds is 5. The molecule has 4 aromatic rings. The molecule has 1 aliphatic rings. The first-order valence-electron chi connectivity index (χ1n) is 11.0. The number of methoxy groups -OCH3 is 1. The second-order valence-corrected chi connectivity index (χ2v) is 11.3. The van der Waals surface area contributed by atoms with E-state index in [1.807, 2.05) is 6.92 Å². The second-order valence-electron chi connectivity index (χ2n) is 8.47. The molecule has 1 N–H and O–H groups in total. The van der Waals surface area contributed by atoms with Crippen molar-refractivity contribution >= 4 is 50.2 Å². The summed E-state index contributed by atoms with van der Waals surface area (Å²) in [5.74, 6) is -0.638. The fraction of sp³-hybridized carbons (Fsp3) is 0.250. The van der Waals surface area contributed by atoms with Crippen molar-refractivity contribution in [2.75, 3.05) is 7.11 Å².